The second-order valence-electron chi connectivity index (χ2n) is 5.85. The fraction of sp³-hybridized carbons (Fsp3) is 0.800. The maximum atomic E-state index is 5.55. The molecule has 3 nitrogen and oxygen atoms in total. The van der Waals surface area contributed by atoms with E-state index in [4.69, 9.17) is 4.42 Å². The lowest BCUT2D eigenvalue weighted by atomic mass is 9.81. The molecule has 1 heterocycles. The quantitative estimate of drug-likeness (QED) is 0.811. The lowest BCUT2D eigenvalue weighted by Crippen LogP contribution is -2.21. The second kappa shape index (κ2) is 6.37. The van der Waals surface area contributed by atoms with Gasteiger partial charge in [-0.15, -0.1) is 0 Å². The minimum Gasteiger partial charge on any atom is -0.444 e. The van der Waals surface area contributed by atoms with Crippen LogP contribution < -0.4 is 5.32 Å². The number of hydrogen-bond donors (Lipinski definition) is 1. The molecule has 1 aromatic rings. The minimum atomic E-state index is 0.761. The van der Waals surface area contributed by atoms with Gasteiger partial charge in [-0.2, -0.15) is 0 Å². The van der Waals surface area contributed by atoms with Gasteiger partial charge in [-0.05, 0) is 45.1 Å². The number of aromatic nitrogens is 1. The molecule has 2 unspecified atom stereocenters. The first kappa shape index (κ1) is 13.6. The van der Waals surface area contributed by atoms with E-state index in [2.05, 4.69) is 17.2 Å². The van der Waals surface area contributed by atoms with Crippen molar-refractivity contribution in [2.45, 2.75) is 59.4 Å². The molecule has 0 amide bonds. The van der Waals surface area contributed by atoms with Crippen LogP contribution in [0.25, 0.3) is 0 Å². The first-order valence-corrected chi connectivity index (χ1v) is 7.28. The Kier molecular flexibility index (Phi) is 4.81. The first-order chi connectivity index (χ1) is 8.65. The van der Waals surface area contributed by atoms with Gasteiger partial charge in [-0.1, -0.05) is 26.2 Å². The largest absolute Gasteiger partial charge is 0.444 e. The molecular weight excluding hydrogens is 224 g/mol. The van der Waals surface area contributed by atoms with E-state index >= 15 is 0 Å². The average Bonchev–Trinajstić information content (AvgIpc) is 2.65. The summed E-state index contributed by atoms with van der Waals surface area (Å²) >= 11 is 0. The van der Waals surface area contributed by atoms with Gasteiger partial charge in [0.15, 0.2) is 0 Å². The van der Waals surface area contributed by atoms with E-state index in [-0.39, 0.29) is 0 Å². The highest BCUT2D eigenvalue weighted by Crippen LogP contribution is 2.30. The Hall–Kier alpha value is -0.830. The topological polar surface area (TPSA) is 38.1 Å². The zero-order valence-electron chi connectivity index (χ0n) is 12.0. The highest BCUT2D eigenvalue weighted by molar-refractivity contribution is 5.05. The predicted octanol–water partition coefficient (Wildman–Crippen LogP) is 3.60. The molecule has 0 saturated heterocycles. The molecule has 1 aliphatic carbocycles. The van der Waals surface area contributed by atoms with E-state index in [1.165, 1.54) is 32.1 Å². The van der Waals surface area contributed by atoms with E-state index in [9.17, 15) is 0 Å². The molecule has 102 valence electrons. The van der Waals surface area contributed by atoms with Crippen LogP contribution in [-0.4, -0.2) is 11.5 Å². The van der Waals surface area contributed by atoms with E-state index in [1.54, 1.807) is 0 Å². The lowest BCUT2D eigenvalue weighted by molar-refractivity contribution is 0.266. The van der Waals surface area contributed by atoms with Gasteiger partial charge in [0, 0.05) is 0 Å². The Bertz CT molecular complexity index is 353. The van der Waals surface area contributed by atoms with Crippen molar-refractivity contribution in [2.24, 2.45) is 11.8 Å². The van der Waals surface area contributed by atoms with Crippen LogP contribution in [0.4, 0.5) is 0 Å². The van der Waals surface area contributed by atoms with E-state index < -0.39 is 0 Å². The summed E-state index contributed by atoms with van der Waals surface area (Å²) in [7, 11) is 0. The van der Waals surface area contributed by atoms with Gasteiger partial charge < -0.3 is 9.73 Å². The SMILES string of the molecule is Cc1nc(CNCCC2CCCC(C)C2)oc1C. The second-order valence-corrected chi connectivity index (χ2v) is 5.85. The highest BCUT2D eigenvalue weighted by Gasteiger charge is 2.18. The molecule has 2 atom stereocenters. The summed E-state index contributed by atoms with van der Waals surface area (Å²) in [5, 5.41) is 3.45. The molecular formula is C15H26N2O. The summed E-state index contributed by atoms with van der Waals surface area (Å²) < 4.78 is 5.55. The Morgan fingerprint density at radius 1 is 1.33 bits per heavy atom. The summed E-state index contributed by atoms with van der Waals surface area (Å²) in [5.41, 5.74) is 1.01. The van der Waals surface area contributed by atoms with E-state index in [0.717, 1.165) is 42.3 Å². The van der Waals surface area contributed by atoms with Gasteiger partial charge in [0.05, 0.1) is 12.2 Å². The minimum absolute atomic E-state index is 0.761. The van der Waals surface area contributed by atoms with Crippen LogP contribution >= 0.6 is 0 Å². The molecule has 1 aliphatic rings. The van der Waals surface area contributed by atoms with Crippen molar-refractivity contribution in [3.8, 4) is 0 Å². The smallest absolute Gasteiger partial charge is 0.208 e. The molecule has 1 N–H and O–H groups in total. The lowest BCUT2D eigenvalue weighted by Gasteiger charge is -2.26. The van der Waals surface area contributed by atoms with E-state index in [1.807, 2.05) is 13.8 Å². The molecule has 0 bridgehead atoms. The van der Waals surface area contributed by atoms with Crippen LogP contribution in [0.15, 0.2) is 4.42 Å². The molecule has 0 aliphatic heterocycles. The Morgan fingerprint density at radius 2 is 2.17 bits per heavy atom. The van der Waals surface area contributed by atoms with Crippen molar-refractivity contribution in [2.75, 3.05) is 6.54 Å². The van der Waals surface area contributed by atoms with Gasteiger partial charge in [-0.25, -0.2) is 4.98 Å². The maximum absolute atomic E-state index is 5.55. The van der Waals surface area contributed by atoms with Gasteiger partial charge in [0.1, 0.15) is 5.76 Å². The fourth-order valence-electron chi connectivity index (χ4n) is 2.94. The monoisotopic (exact) mass is 250 g/mol. The third-order valence-electron chi connectivity index (χ3n) is 4.12. The molecule has 0 spiro atoms. The molecule has 0 aromatic carbocycles. The molecule has 1 saturated carbocycles. The zero-order chi connectivity index (χ0) is 13.0. The van der Waals surface area contributed by atoms with E-state index in [0.29, 0.717) is 0 Å². The summed E-state index contributed by atoms with van der Waals surface area (Å²) in [6.07, 6.45) is 6.98. The van der Waals surface area contributed by atoms with Gasteiger partial charge in [0.25, 0.3) is 0 Å². The summed E-state index contributed by atoms with van der Waals surface area (Å²) in [4.78, 5) is 4.38. The van der Waals surface area contributed by atoms with Crippen molar-refractivity contribution >= 4 is 0 Å². The first-order valence-electron chi connectivity index (χ1n) is 7.28. The normalized spacial score (nSPS) is 24.4. The molecule has 2 rings (SSSR count). The molecule has 1 aromatic heterocycles. The van der Waals surface area contributed by atoms with Crippen LogP contribution in [0.1, 0.15) is 56.4 Å². The number of hydrogen-bond acceptors (Lipinski definition) is 3. The number of aryl methyl sites for hydroxylation is 2. The number of nitrogens with one attached hydrogen (secondary N) is 1. The van der Waals surface area contributed by atoms with Gasteiger partial charge in [-0.3, -0.25) is 0 Å². The number of nitrogens with zero attached hydrogens (tertiary/aromatic N) is 1. The van der Waals surface area contributed by atoms with Crippen LogP contribution in [-0.2, 0) is 6.54 Å². The Morgan fingerprint density at radius 3 is 2.83 bits per heavy atom. The zero-order valence-corrected chi connectivity index (χ0v) is 12.0. The summed E-state index contributed by atoms with van der Waals surface area (Å²) in [6.45, 7) is 8.19. The highest BCUT2D eigenvalue weighted by atomic mass is 16.4. The number of rotatable bonds is 5. The van der Waals surface area contributed by atoms with Crippen molar-refractivity contribution in [3.05, 3.63) is 17.3 Å². The van der Waals surface area contributed by atoms with Crippen molar-refractivity contribution in [1.29, 1.82) is 0 Å². The van der Waals surface area contributed by atoms with Crippen LogP contribution in [0, 0.1) is 25.7 Å². The average molecular weight is 250 g/mol. The molecule has 1 fully saturated rings. The molecule has 18 heavy (non-hydrogen) atoms. The molecule has 3 heteroatoms. The third kappa shape index (κ3) is 3.84. The third-order valence-corrected chi connectivity index (χ3v) is 4.12. The fourth-order valence-corrected chi connectivity index (χ4v) is 2.94. The standard InChI is InChI=1S/C15H26N2O/c1-11-5-4-6-14(9-11)7-8-16-10-15-17-12(2)13(3)18-15/h11,14,16H,4-10H2,1-3H3. The van der Waals surface area contributed by atoms with Crippen LogP contribution in [0.2, 0.25) is 0 Å². The van der Waals surface area contributed by atoms with Gasteiger partial charge in [0.2, 0.25) is 5.89 Å². The Balaban J connectivity index is 1.63. The van der Waals surface area contributed by atoms with Crippen LogP contribution in [0.5, 0.6) is 0 Å². The Labute approximate surface area is 110 Å². The summed E-state index contributed by atoms with van der Waals surface area (Å²) in [5.74, 6) is 3.62. The predicted molar refractivity (Wildman–Crippen MR) is 73.4 cm³/mol. The number of oxazole rings is 1. The van der Waals surface area contributed by atoms with Crippen molar-refractivity contribution in [1.82, 2.24) is 10.3 Å². The van der Waals surface area contributed by atoms with Crippen LogP contribution in [0.3, 0.4) is 0 Å². The van der Waals surface area contributed by atoms with Crippen molar-refractivity contribution < 1.29 is 4.42 Å². The summed E-state index contributed by atoms with van der Waals surface area (Å²) in [6, 6.07) is 0. The van der Waals surface area contributed by atoms with Gasteiger partial charge >= 0.3 is 0 Å². The van der Waals surface area contributed by atoms with Crippen molar-refractivity contribution in [3.63, 3.8) is 0 Å². The molecule has 0 radical (unpaired) electrons. The maximum Gasteiger partial charge on any atom is 0.208 e.